The Balaban J connectivity index is 1.76. The normalized spacial score (nSPS) is 10.4. The molecule has 0 spiro atoms. The Morgan fingerprint density at radius 2 is 1.80 bits per heavy atom. The van der Waals surface area contributed by atoms with Crippen molar-refractivity contribution in [3.8, 4) is 0 Å². The average molecular weight is 341 g/mol. The number of carbonyl (C=O) groups excluding carboxylic acids is 1. The molecule has 0 atom stereocenters. The molecule has 2 N–H and O–H groups in total. The van der Waals surface area contributed by atoms with Crippen LogP contribution in [0, 0.1) is 11.6 Å². The summed E-state index contributed by atoms with van der Waals surface area (Å²) in [6.07, 6.45) is 1.31. The summed E-state index contributed by atoms with van der Waals surface area (Å²) in [6.45, 7) is 1.49. The number of hydrogen-bond donors (Lipinski definition) is 2. The van der Waals surface area contributed by atoms with Gasteiger partial charge in [-0.1, -0.05) is 0 Å². The lowest BCUT2D eigenvalue weighted by Crippen LogP contribution is -2.03. The third kappa shape index (κ3) is 4.11. The second kappa shape index (κ2) is 7.00. The lowest BCUT2D eigenvalue weighted by molar-refractivity contribution is 0.101. The van der Waals surface area contributed by atoms with Crippen LogP contribution in [0.25, 0.3) is 0 Å². The molecule has 126 valence electrons. The minimum atomic E-state index is -0.743. The van der Waals surface area contributed by atoms with Gasteiger partial charge in [0.05, 0.1) is 11.9 Å². The second-order valence-electron chi connectivity index (χ2n) is 5.17. The number of anilines is 4. The van der Waals surface area contributed by atoms with Crippen LogP contribution in [0.1, 0.15) is 17.3 Å². The van der Waals surface area contributed by atoms with Crippen molar-refractivity contribution < 1.29 is 13.6 Å². The zero-order chi connectivity index (χ0) is 17.8. The van der Waals surface area contributed by atoms with Gasteiger partial charge >= 0.3 is 0 Å². The minimum absolute atomic E-state index is 0.0306. The van der Waals surface area contributed by atoms with Gasteiger partial charge in [-0.2, -0.15) is 10.1 Å². The standard InChI is InChI=1S/C17H13F2N5O/c1-10(25)11-2-5-13(6-3-11)21-17-23-16(9-20-24-17)22-15-7-4-12(18)8-14(15)19/h2-9H,1H3,(H2,21,22,23,24). The first kappa shape index (κ1) is 16.4. The molecule has 0 aliphatic rings. The second-order valence-corrected chi connectivity index (χ2v) is 5.17. The number of rotatable bonds is 5. The zero-order valence-corrected chi connectivity index (χ0v) is 13.1. The van der Waals surface area contributed by atoms with Gasteiger partial charge in [-0.3, -0.25) is 4.79 Å². The van der Waals surface area contributed by atoms with E-state index in [1.165, 1.54) is 19.2 Å². The number of nitrogens with zero attached hydrogens (tertiary/aromatic N) is 3. The monoisotopic (exact) mass is 341 g/mol. The smallest absolute Gasteiger partial charge is 0.249 e. The van der Waals surface area contributed by atoms with Gasteiger partial charge < -0.3 is 10.6 Å². The number of ketones is 1. The highest BCUT2D eigenvalue weighted by molar-refractivity contribution is 5.94. The van der Waals surface area contributed by atoms with Gasteiger partial charge in [-0.05, 0) is 43.3 Å². The topological polar surface area (TPSA) is 79.8 Å². The maximum absolute atomic E-state index is 13.7. The van der Waals surface area contributed by atoms with Crippen molar-refractivity contribution in [1.29, 1.82) is 0 Å². The molecule has 25 heavy (non-hydrogen) atoms. The van der Waals surface area contributed by atoms with Gasteiger partial charge in [-0.15, -0.1) is 5.10 Å². The van der Waals surface area contributed by atoms with E-state index in [4.69, 9.17) is 0 Å². The van der Waals surface area contributed by atoms with E-state index in [9.17, 15) is 13.6 Å². The van der Waals surface area contributed by atoms with Gasteiger partial charge in [0, 0.05) is 17.3 Å². The minimum Gasteiger partial charge on any atom is -0.336 e. The highest BCUT2D eigenvalue weighted by Crippen LogP contribution is 2.20. The van der Waals surface area contributed by atoms with E-state index in [1.807, 2.05) is 0 Å². The van der Waals surface area contributed by atoms with Crippen molar-refractivity contribution in [1.82, 2.24) is 15.2 Å². The molecule has 8 heteroatoms. The predicted molar refractivity (Wildman–Crippen MR) is 89.2 cm³/mol. The number of Topliss-reactive ketones (excluding diaryl/α,β-unsaturated/α-hetero) is 1. The van der Waals surface area contributed by atoms with Gasteiger partial charge in [0.25, 0.3) is 0 Å². The van der Waals surface area contributed by atoms with Crippen molar-refractivity contribution >= 4 is 28.9 Å². The number of halogens is 2. The molecular weight excluding hydrogens is 328 g/mol. The summed E-state index contributed by atoms with van der Waals surface area (Å²) in [5.74, 6) is -1.02. The van der Waals surface area contributed by atoms with Crippen LogP contribution in [0.2, 0.25) is 0 Å². The van der Waals surface area contributed by atoms with Crippen LogP contribution in [-0.4, -0.2) is 21.0 Å². The number of aromatic nitrogens is 3. The summed E-state index contributed by atoms with van der Waals surface area (Å²) in [4.78, 5) is 15.4. The molecule has 0 aliphatic heterocycles. The third-order valence-electron chi connectivity index (χ3n) is 3.30. The highest BCUT2D eigenvalue weighted by Gasteiger charge is 2.07. The van der Waals surface area contributed by atoms with Crippen molar-refractivity contribution in [3.63, 3.8) is 0 Å². The Hall–Kier alpha value is -3.42. The lowest BCUT2D eigenvalue weighted by Gasteiger charge is -2.08. The predicted octanol–water partition coefficient (Wildman–Crippen LogP) is 3.84. The van der Waals surface area contributed by atoms with Crippen molar-refractivity contribution in [3.05, 3.63) is 65.9 Å². The summed E-state index contributed by atoms with van der Waals surface area (Å²) in [5.41, 5.74) is 1.32. The van der Waals surface area contributed by atoms with E-state index in [1.54, 1.807) is 24.3 Å². The van der Waals surface area contributed by atoms with Crippen LogP contribution in [0.15, 0.2) is 48.7 Å². The van der Waals surface area contributed by atoms with E-state index in [0.717, 1.165) is 12.1 Å². The molecule has 3 aromatic rings. The largest absolute Gasteiger partial charge is 0.336 e. The van der Waals surface area contributed by atoms with E-state index in [2.05, 4.69) is 25.8 Å². The molecular formula is C17H13F2N5O. The number of benzene rings is 2. The summed E-state index contributed by atoms with van der Waals surface area (Å²) in [6, 6.07) is 9.94. The molecule has 1 aromatic heterocycles. The lowest BCUT2D eigenvalue weighted by atomic mass is 10.1. The Morgan fingerprint density at radius 3 is 2.48 bits per heavy atom. The fraction of sp³-hybridized carbons (Fsp3) is 0.0588. The third-order valence-corrected chi connectivity index (χ3v) is 3.30. The van der Waals surface area contributed by atoms with Crippen LogP contribution in [0.5, 0.6) is 0 Å². The maximum Gasteiger partial charge on any atom is 0.249 e. The number of nitrogens with one attached hydrogen (secondary N) is 2. The summed E-state index contributed by atoms with van der Waals surface area (Å²) < 4.78 is 26.6. The highest BCUT2D eigenvalue weighted by atomic mass is 19.1. The molecule has 0 saturated carbocycles. The van der Waals surface area contributed by atoms with Crippen molar-refractivity contribution in [2.45, 2.75) is 6.92 Å². The molecule has 3 rings (SSSR count). The molecule has 2 aromatic carbocycles. The van der Waals surface area contributed by atoms with Gasteiger partial charge in [0.1, 0.15) is 11.6 Å². The Morgan fingerprint density at radius 1 is 1.04 bits per heavy atom. The summed E-state index contributed by atoms with van der Waals surface area (Å²) in [7, 11) is 0. The Bertz CT molecular complexity index is 915. The Kier molecular flexibility index (Phi) is 4.60. The van der Waals surface area contributed by atoms with Gasteiger partial charge in [0.15, 0.2) is 11.6 Å². The maximum atomic E-state index is 13.7. The van der Waals surface area contributed by atoms with Gasteiger partial charge in [-0.25, -0.2) is 8.78 Å². The van der Waals surface area contributed by atoms with Crippen LogP contribution in [0.4, 0.5) is 31.9 Å². The van der Waals surface area contributed by atoms with E-state index in [0.29, 0.717) is 11.3 Å². The molecule has 0 amide bonds. The molecule has 0 bridgehead atoms. The summed E-state index contributed by atoms with van der Waals surface area (Å²) in [5, 5.41) is 13.3. The fourth-order valence-corrected chi connectivity index (χ4v) is 2.06. The van der Waals surface area contributed by atoms with Crippen LogP contribution in [0.3, 0.4) is 0 Å². The van der Waals surface area contributed by atoms with Gasteiger partial charge in [0.2, 0.25) is 5.95 Å². The molecule has 1 heterocycles. The first-order chi connectivity index (χ1) is 12.0. The molecule has 0 saturated heterocycles. The van der Waals surface area contributed by atoms with Crippen molar-refractivity contribution in [2.75, 3.05) is 10.6 Å². The number of hydrogen-bond acceptors (Lipinski definition) is 6. The molecule has 6 nitrogen and oxygen atoms in total. The van der Waals surface area contributed by atoms with E-state index in [-0.39, 0.29) is 23.2 Å². The molecule has 0 radical (unpaired) electrons. The van der Waals surface area contributed by atoms with Crippen molar-refractivity contribution in [2.24, 2.45) is 0 Å². The SMILES string of the molecule is CC(=O)c1ccc(Nc2nncc(Nc3ccc(F)cc3F)n2)cc1. The fourth-order valence-electron chi connectivity index (χ4n) is 2.06. The molecule has 0 unspecified atom stereocenters. The first-order valence-electron chi connectivity index (χ1n) is 7.31. The first-order valence-corrected chi connectivity index (χ1v) is 7.31. The molecule has 0 aliphatic carbocycles. The molecule has 0 fully saturated rings. The van der Waals surface area contributed by atoms with Crippen LogP contribution < -0.4 is 10.6 Å². The number of carbonyl (C=O) groups is 1. The Labute approximate surface area is 141 Å². The average Bonchev–Trinajstić information content (AvgIpc) is 2.58. The summed E-state index contributed by atoms with van der Waals surface area (Å²) >= 11 is 0. The van der Waals surface area contributed by atoms with E-state index >= 15 is 0 Å². The van der Waals surface area contributed by atoms with Crippen LogP contribution in [-0.2, 0) is 0 Å². The van der Waals surface area contributed by atoms with Crippen LogP contribution >= 0.6 is 0 Å². The van der Waals surface area contributed by atoms with E-state index < -0.39 is 11.6 Å². The quantitative estimate of drug-likeness (QED) is 0.687. The zero-order valence-electron chi connectivity index (χ0n) is 13.1.